The number of piperidine rings is 1. The highest BCUT2D eigenvalue weighted by Crippen LogP contribution is 2.30. The number of hydrogen-bond acceptors (Lipinski definition) is 3. The summed E-state index contributed by atoms with van der Waals surface area (Å²) in [4.78, 5) is 29.2. The van der Waals surface area contributed by atoms with Gasteiger partial charge in [-0.1, -0.05) is 43.2 Å². The molecule has 0 radical (unpaired) electrons. The molecule has 5 heteroatoms. The van der Waals surface area contributed by atoms with Gasteiger partial charge in [-0.2, -0.15) is 0 Å². The Labute approximate surface area is 161 Å². The van der Waals surface area contributed by atoms with Gasteiger partial charge in [0.15, 0.2) is 0 Å². The van der Waals surface area contributed by atoms with E-state index in [2.05, 4.69) is 12.1 Å². The summed E-state index contributed by atoms with van der Waals surface area (Å²) in [5.41, 5.74) is 1.19. The Morgan fingerprint density at radius 2 is 1.74 bits per heavy atom. The van der Waals surface area contributed by atoms with Gasteiger partial charge >= 0.3 is 0 Å². The number of rotatable bonds is 5. The third kappa shape index (κ3) is 4.34. The van der Waals surface area contributed by atoms with Gasteiger partial charge in [-0.15, -0.1) is 0 Å². The maximum Gasteiger partial charge on any atom is 0.227 e. The fourth-order valence-corrected chi connectivity index (χ4v) is 4.76. The Hall–Kier alpha value is -1.88. The van der Waals surface area contributed by atoms with Crippen molar-refractivity contribution in [2.45, 2.75) is 63.7 Å². The van der Waals surface area contributed by atoms with E-state index in [1.165, 1.54) is 18.4 Å². The first-order valence-corrected chi connectivity index (χ1v) is 10.4. The summed E-state index contributed by atoms with van der Waals surface area (Å²) < 4.78 is 6.02. The first-order valence-electron chi connectivity index (χ1n) is 10.4. The van der Waals surface area contributed by atoms with Gasteiger partial charge in [0.05, 0.1) is 18.6 Å². The Morgan fingerprint density at radius 1 is 1.04 bits per heavy atom. The molecule has 0 N–H and O–H groups in total. The van der Waals surface area contributed by atoms with Crippen molar-refractivity contribution in [1.29, 1.82) is 0 Å². The number of carbonyl (C=O) groups is 2. The first-order chi connectivity index (χ1) is 13.2. The normalized spacial score (nSPS) is 24.7. The van der Waals surface area contributed by atoms with Gasteiger partial charge in [0.25, 0.3) is 0 Å². The van der Waals surface area contributed by atoms with E-state index in [1.807, 2.05) is 28.0 Å². The third-order valence-corrected chi connectivity index (χ3v) is 6.36. The van der Waals surface area contributed by atoms with Crippen molar-refractivity contribution in [1.82, 2.24) is 9.80 Å². The minimum atomic E-state index is -0.139. The van der Waals surface area contributed by atoms with Crippen molar-refractivity contribution in [3.8, 4) is 0 Å². The Bertz CT molecular complexity index is 649. The van der Waals surface area contributed by atoms with Crippen molar-refractivity contribution in [3.05, 3.63) is 35.9 Å². The quantitative estimate of drug-likeness (QED) is 0.801. The maximum absolute atomic E-state index is 12.9. The zero-order chi connectivity index (χ0) is 18.6. The van der Waals surface area contributed by atoms with Gasteiger partial charge in [0, 0.05) is 32.1 Å². The van der Waals surface area contributed by atoms with E-state index in [-0.39, 0.29) is 23.8 Å². The van der Waals surface area contributed by atoms with E-state index >= 15 is 0 Å². The van der Waals surface area contributed by atoms with E-state index < -0.39 is 0 Å². The predicted molar refractivity (Wildman–Crippen MR) is 103 cm³/mol. The summed E-state index contributed by atoms with van der Waals surface area (Å²) in [7, 11) is 0. The summed E-state index contributed by atoms with van der Waals surface area (Å²) in [6, 6.07) is 10.6. The lowest BCUT2D eigenvalue weighted by atomic mass is 10.0. The number of likely N-dealkylation sites (tertiary alicyclic amines) is 2. The molecule has 3 fully saturated rings. The van der Waals surface area contributed by atoms with Crippen molar-refractivity contribution < 1.29 is 14.3 Å². The van der Waals surface area contributed by atoms with Crippen LogP contribution in [0.1, 0.15) is 50.5 Å². The van der Waals surface area contributed by atoms with Crippen LogP contribution in [-0.2, 0) is 20.9 Å². The summed E-state index contributed by atoms with van der Waals surface area (Å²) in [5, 5.41) is 0. The SMILES string of the molecule is O=C([C@@H]1CC(=O)N(C2CCCC2)C1)N1CCC(OCc2ccccc2)CC1. The van der Waals surface area contributed by atoms with Crippen LogP contribution in [0.3, 0.4) is 0 Å². The lowest BCUT2D eigenvalue weighted by molar-refractivity contribution is -0.138. The summed E-state index contributed by atoms with van der Waals surface area (Å²) in [6.45, 7) is 2.75. The number of benzene rings is 1. The minimum absolute atomic E-state index is 0.139. The van der Waals surface area contributed by atoms with Crippen LogP contribution < -0.4 is 0 Å². The molecular weight excluding hydrogens is 340 g/mol. The van der Waals surface area contributed by atoms with Crippen molar-refractivity contribution >= 4 is 11.8 Å². The van der Waals surface area contributed by atoms with Crippen LogP contribution in [0.25, 0.3) is 0 Å². The number of amides is 2. The molecule has 146 valence electrons. The molecule has 2 heterocycles. The van der Waals surface area contributed by atoms with E-state index in [4.69, 9.17) is 4.74 Å². The van der Waals surface area contributed by atoms with E-state index in [9.17, 15) is 9.59 Å². The average Bonchev–Trinajstić information content (AvgIpc) is 3.36. The minimum Gasteiger partial charge on any atom is -0.373 e. The number of carbonyl (C=O) groups excluding carboxylic acids is 2. The van der Waals surface area contributed by atoms with Gasteiger partial charge in [-0.05, 0) is 31.2 Å². The van der Waals surface area contributed by atoms with Gasteiger partial charge in [0.2, 0.25) is 11.8 Å². The summed E-state index contributed by atoms with van der Waals surface area (Å²) >= 11 is 0. The van der Waals surface area contributed by atoms with Crippen LogP contribution in [0.15, 0.2) is 30.3 Å². The molecule has 1 aliphatic carbocycles. The summed E-state index contributed by atoms with van der Waals surface area (Å²) in [6.07, 6.45) is 7.02. The largest absolute Gasteiger partial charge is 0.373 e. The molecule has 0 bridgehead atoms. The number of nitrogens with zero attached hydrogens (tertiary/aromatic N) is 2. The topological polar surface area (TPSA) is 49.9 Å². The van der Waals surface area contributed by atoms with Crippen LogP contribution in [0.4, 0.5) is 0 Å². The molecular formula is C22H30N2O3. The Morgan fingerprint density at radius 3 is 2.44 bits per heavy atom. The Kier molecular flexibility index (Phi) is 5.77. The third-order valence-electron chi connectivity index (χ3n) is 6.36. The highest BCUT2D eigenvalue weighted by Gasteiger charge is 2.40. The molecule has 3 aliphatic rings. The lowest BCUT2D eigenvalue weighted by Gasteiger charge is -2.33. The second-order valence-corrected chi connectivity index (χ2v) is 8.21. The van der Waals surface area contributed by atoms with Gasteiger partial charge in [-0.25, -0.2) is 0 Å². The fraction of sp³-hybridized carbons (Fsp3) is 0.636. The van der Waals surface area contributed by atoms with Crippen molar-refractivity contribution in [2.24, 2.45) is 5.92 Å². The molecule has 1 saturated carbocycles. The molecule has 2 aliphatic heterocycles. The first kappa shape index (κ1) is 18.5. The lowest BCUT2D eigenvalue weighted by Crippen LogP contribution is -2.44. The molecule has 5 nitrogen and oxygen atoms in total. The van der Waals surface area contributed by atoms with Crippen LogP contribution in [0.5, 0.6) is 0 Å². The second kappa shape index (κ2) is 8.42. The molecule has 27 heavy (non-hydrogen) atoms. The standard InChI is InChI=1S/C22H30N2O3/c25-21-14-18(15-24(21)19-8-4-5-9-19)22(26)23-12-10-20(11-13-23)27-16-17-6-2-1-3-7-17/h1-3,6-7,18-20H,4-5,8-16H2/t18-/m1/s1. The van der Waals surface area contributed by atoms with Gasteiger partial charge in [-0.3, -0.25) is 9.59 Å². The molecule has 1 aromatic carbocycles. The monoisotopic (exact) mass is 370 g/mol. The van der Waals surface area contributed by atoms with Crippen LogP contribution in [-0.4, -0.2) is 53.4 Å². The van der Waals surface area contributed by atoms with Gasteiger partial charge in [0.1, 0.15) is 0 Å². The molecule has 4 rings (SSSR count). The molecule has 2 saturated heterocycles. The highest BCUT2D eigenvalue weighted by atomic mass is 16.5. The second-order valence-electron chi connectivity index (χ2n) is 8.21. The summed E-state index contributed by atoms with van der Waals surface area (Å²) in [5.74, 6) is 0.214. The molecule has 1 atom stereocenters. The number of ether oxygens (including phenoxy) is 1. The van der Waals surface area contributed by atoms with E-state index in [0.29, 0.717) is 25.6 Å². The zero-order valence-corrected chi connectivity index (χ0v) is 16.0. The highest BCUT2D eigenvalue weighted by molar-refractivity contribution is 5.89. The van der Waals surface area contributed by atoms with E-state index in [0.717, 1.165) is 38.8 Å². The van der Waals surface area contributed by atoms with Crippen LogP contribution >= 0.6 is 0 Å². The Balaban J connectivity index is 1.23. The van der Waals surface area contributed by atoms with Crippen LogP contribution in [0.2, 0.25) is 0 Å². The van der Waals surface area contributed by atoms with E-state index in [1.54, 1.807) is 0 Å². The van der Waals surface area contributed by atoms with Gasteiger partial charge < -0.3 is 14.5 Å². The predicted octanol–water partition coefficient (Wildman–Crippen LogP) is 2.99. The smallest absolute Gasteiger partial charge is 0.227 e. The molecule has 0 aromatic heterocycles. The molecule has 0 spiro atoms. The fourth-order valence-electron chi connectivity index (χ4n) is 4.76. The van der Waals surface area contributed by atoms with Crippen molar-refractivity contribution in [2.75, 3.05) is 19.6 Å². The molecule has 1 aromatic rings. The molecule has 2 amide bonds. The molecule has 0 unspecified atom stereocenters. The number of hydrogen-bond donors (Lipinski definition) is 0. The maximum atomic E-state index is 12.9. The zero-order valence-electron chi connectivity index (χ0n) is 16.0. The average molecular weight is 370 g/mol. The van der Waals surface area contributed by atoms with Crippen molar-refractivity contribution in [3.63, 3.8) is 0 Å². The van der Waals surface area contributed by atoms with Crippen LogP contribution in [0, 0.1) is 5.92 Å².